The van der Waals surface area contributed by atoms with Gasteiger partial charge >= 0.3 is 12.1 Å². The molecule has 20 heavy (non-hydrogen) atoms. The van der Waals surface area contributed by atoms with Gasteiger partial charge in [-0.3, -0.25) is 4.79 Å². The van der Waals surface area contributed by atoms with Crippen LogP contribution in [0.25, 0.3) is 0 Å². The van der Waals surface area contributed by atoms with Crippen molar-refractivity contribution in [2.45, 2.75) is 25.9 Å². The van der Waals surface area contributed by atoms with Crippen molar-refractivity contribution in [3.8, 4) is 0 Å². The number of alkyl halides is 3. The first-order valence-corrected chi connectivity index (χ1v) is 6.48. The zero-order chi connectivity index (χ0) is 15.2. The Balaban J connectivity index is 2.61. The third-order valence-corrected chi connectivity index (χ3v) is 2.81. The molecule has 1 N–H and O–H groups in total. The van der Waals surface area contributed by atoms with E-state index >= 15 is 0 Å². The molecule has 3 nitrogen and oxygen atoms in total. The summed E-state index contributed by atoms with van der Waals surface area (Å²) in [5.41, 5.74) is -0.780. The molecule has 112 valence electrons. The molecule has 0 atom stereocenters. The monoisotopic (exact) mass is 309 g/mol. The zero-order valence-electron chi connectivity index (χ0n) is 10.9. The quantitative estimate of drug-likeness (QED) is 0.634. The first kappa shape index (κ1) is 16.6. The van der Waals surface area contributed by atoms with E-state index in [4.69, 9.17) is 16.3 Å². The number of hydrogen-bond donors (Lipinski definition) is 1. The van der Waals surface area contributed by atoms with Crippen LogP contribution in [-0.4, -0.2) is 19.1 Å². The summed E-state index contributed by atoms with van der Waals surface area (Å²) in [7, 11) is 0. The second-order valence-electron chi connectivity index (χ2n) is 4.12. The predicted octanol–water partition coefficient (Wildman–Crippen LogP) is 4.11. The zero-order valence-corrected chi connectivity index (χ0v) is 11.6. The van der Waals surface area contributed by atoms with Crippen molar-refractivity contribution in [2.24, 2.45) is 0 Å². The van der Waals surface area contributed by atoms with Gasteiger partial charge in [0.05, 0.1) is 22.9 Å². The van der Waals surface area contributed by atoms with Gasteiger partial charge in [-0.05, 0) is 24.6 Å². The molecule has 1 aromatic rings. The summed E-state index contributed by atoms with van der Waals surface area (Å²) in [5, 5.41) is 2.66. The molecule has 0 radical (unpaired) electrons. The highest BCUT2D eigenvalue weighted by atomic mass is 35.5. The van der Waals surface area contributed by atoms with E-state index in [1.807, 2.05) is 6.92 Å². The van der Waals surface area contributed by atoms with Gasteiger partial charge in [0.1, 0.15) is 6.54 Å². The summed E-state index contributed by atoms with van der Waals surface area (Å²) >= 11 is 5.77. The fourth-order valence-electron chi connectivity index (χ4n) is 1.39. The Kier molecular flexibility index (Phi) is 6.13. The van der Waals surface area contributed by atoms with E-state index in [0.717, 1.165) is 31.0 Å². The Morgan fingerprint density at radius 3 is 2.70 bits per heavy atom. The number of esters is 1. The number of nitrogens with one attached hydrogen (secondary N) is 1. The van der Waals surface area contributed by atoms with Crippen LogP contribution in [0.1, 0.15) is 25.3 Å². The smallest absolute Gasteiger partial charge is 0.416 e. The van der Waals surface area contributed by atoms with Crippen molar-refractivity contribution in [3.63, 3.8) is 0 Å². The molecule has 0 amide bonds. The van der Waals surface area contributed by atoms with E-state index in [-0.39, 0.29) is 17.3 Å². The highest BCUT2D eigenvalue weighted by Crippen LogP contribution is 2.33. The van der Waals surface area contributed by atoms with Gasteiger partial charge < -0.3 is 10.1 Å². The van der Waals surface area contributed by atoms with Crippen molar-refractivity contribution in [1.29, 1.82) is 0 Å². The topological polar surface area (TPSA) is 38.3 Å². The number of hydrogen-bond acceptors (Lipinski definition) is 3. The van der Waals surface area contributed by atoms with Crippen LogP contribution in [0.2, 0.25) is 5.02 Å². The van der Waals surface area contributed by atoms with Crippen LogP contribution < -0.4 is 5.32 Å². The summed E-state index contributed by atoms with van der Waals surface area (Å²) in [6.07, 6.45) is -2.82. The van der Waals surface area contributed by atoms with Gasteiger partial charge in [-0.25, -0.2) is 0 Å². The van der Waals surface area contributed by atoms with E-state index in [2.05, 4.69) is 5.32 Å². The third kappa shape index (κ3) is 5.28. The highest BCUT2D eigenvalue weighted by Gasteiger charge is 2.30. The van der Waals surface area contributed by atoms with Gasteiger partial charge in [0.2, 0.25) is 0 Å². The van der Waals surface area contributed by atoms with Crippen LogP contribution in [0, 0.1) is 0 Å². The summed E-state index contributed by atoms with van der Waals surface area (Å²) in [6.45, 7) is 2.02. The number of anilines is 1. The van der Waals surface area contributed by atoms with Crippen molar-refractivity contribution in [3.05, 3.63) is 28.8 Å². The fourth-order valence-corrected chi connectivity index (χ4v) is 1.57. The van der Waals surface area contributed by atoms with Crippen LogP contribution in [0.5, 0.6) is 0 Å². The molecule has 0 bridgehead atoms. The molecule has 0 saturated heterocycles. The van der Waals surface area contributed by atoms with Crippen LogP contribution in [0.15, 0.2) is 18.2 Å². The molecular formula is C13H15ClF3NO2. The van der Waals surface area contributed by atoms with Gasteiger partial charge in [-0.2, -0.15) is 13.2 Å². The second kappa shape index (κ2) is 7.38. The maximum atomic E-state index is 12.5. The molecule has 0 aliphatic heterocycles. The van der Waals surface area contributed by atoms with E-state index < -0.39 is 17.7 Å². The Labute approximate surface area is 120 Å². The Morgan fingerprint density at radius 1 is 1.40 bits per heavy atom. The SMILES string of the molecule is CCCCOC(=O)CNc1cc(C(F)(F)F)ccc1Cl. The number of carbonyl (C=O) groups is 1. The molecule has 0 heterocycles. The van der Waals surface area contributed by atoms with Gasteiger partial charge in [0.25, 0.3) is 0 Å². The van der Waals surface area contributed by atoms with Crippen molar-refractivity contribution < 1.29 is 22.7 Å². The van der Waals surface area contributed by atoms with Crippen molar-refractivity contribution in [2.75, 3.05) is 18.5 Å². The van der Waals surface area contributed by atoms with Crippen LogP contribution in [-0.2, 0) is 15.7 Å². The second-order valence-corrected chi connectivity index (χ2v) is 4.53. The molecule has 1 aromatic carbocycles. The Bertz CT molecular complexity index is 463. The standard InChI is InChI=1S/C13H15ClF3NO2/c1-2-3-6-20-12(19)8-18-11-7-9(13(15,16)17)4-5-10(11)14/h4-5,7,18H,2-3,6,8H2,1H3. The number of carbonyl (C=O) groups excluding carboxylic acids is 1. The summed E-state index contributed by atoms with van der Waals surface area (Å²) in [6, 6.07) is 2.88. The lowest BCUT2D eigenvalue weighted by Crippen LogP contribution is -2.18. The molecule has 1 rings (SSSR count). The minimum absolute atomic E-state index is 0.0499. The average Bonchev–Trinajstić information content (AvgIpc) is 2.36. The summed E-state index contributed by atoms with van der Waals surface area (Å²) < 4.78 is 42.5. The number of benzene rings is 1. The van der Waals surface area contributed by atoms with Crippen LogP contribution in [0.4, 0.5) is 18.9 Å². The average molecular weight is 310 g/mol. The molecule has 0 spiro atoms. The first-order chi connectivity index (χ1) is 9.34. The molecule has 0 unspecified atom stereocenters. The summed E-state index contributed by atoms with van der Waals surface area (Å²) in [5.74, 6) is -0.535. The highest BCUT2D eigenvalue weighted by molar-refractivity contribution is 6.33. The lowest BCUT2D eigenvalue weighted by molar-refractivity contribution is -0.141. The minimum atomic E-state index is -4.46. The number of unbranched alkanes of at least 4 members (excludes halogenated alkanes) is 1. The van der Waals surface area contributed by atoms with Gasteiger partial charge in [-0.1, -0.05) is 24.9 Å². The maximum Gasteiger partial charge on any atom is 0.416 e. The normalized spacial score (nSPS) is 11.2. The lowest BCUT2D eigenvalue weighted by Gasteiger charge is -2.12. The van der Waals surface area contributed by atoms with Gasteiger partial charge in [0.15, 0.2) is 0 Å². The third-order valence-electron chi connectivity index (χ3n) is 2.48. The molecular weight excluding hydrogens is 295 g/mol. The summed E-state index contributed by atoms with van der Waals surface area (Å²) in [4.78, 5) is 11.3. The first-order valence-electron chi connectivity index (χ1n) is 6.11. The maximum absolute atomic E-state index is 12.5. The van der Waals surface area contributed by atoms with Crippen molar-refractivity contribution >= 4 is 23.3 Å². The molecule has 0 saturated carbocycles. The van der Waals surface area contributed by atoms with E-state index in [1.165, 1.54) is 0 Å². The lowest BCUT2D eigenvalue weighted by atomic mass is 10.2. The van der Waals surface area contributed by atoms with Crippen LogP contribution >= 0.6 is 11.6 Å². The number of halogens is 4. The molecule has 7 heteroatoms. The molecule has 0 aliphatic carbocycles. The molecule has 0 aliphatic rings. The number of ether oxygens (including phenoxy) is 1. The molecule has 0 fully saturated rings. The molecule has 0 aromatic heterocycles. The van der Waals surface area contributed by atoms with E-state index in [9.17, 15) is 18.0 Å². The number of rotatable bonds is 6. The largest absolute Gasteiger partial charge is 0.464 e. The predicted molar refractivity (Wildman–Crippen MR) is 70.8 cm³/mol. The fraction of sp³-hybridized carbons (Fsp3) is 0.462. The van der Waals surface area contributed by atoms with Crippen molar-refractivity contribution in [1.82, 2.24) is 0 Å². The Hall–Kier alpha value is -1.43. The van der Waals surface area contributed by atoms with E-state index in [0.29, 0.717) is 6.61 Å². The Morgan fingerprint density at radius 2 is 2.10 bits per heavy atom. The minimum Gasteiger partial charge on any atom is -0.464 e. The van der Waals surface area contributed by atoms with E-state index in [1.54, 1.807) is 0 Å². The van der Waals surface area contributed by atoms with Gasteiger partial charge in [-0.15, -0.1) is 0 Å². The van der Waals surface area contributed by atoms with Gasteiger partial charge in [0, 0.05) is 0 Å². The van der Waals surface area contributed by atoms with Crippen LogP contribution in [0.3, 0.4) is 0 Å².